The van der Waals surface area contributed by atoms with Gasteiger partial charge in [0.25, 0.3) is 0 Å². The Balaban J connectivity index is 2.01. The maximum atomic E-state index is 6.14. The first-order valence-corrected chi connectivity index (χ1v) is 7.24. The zero-order chi connectivity index (χ0) is 14.1. The van der Waals surface area contributed by atoms with Crippen LogP contribution in [-0.2, 0) is 6.42 Å². The molecule has 0 bridgehead atoms. The number of aromatic nitrogens is 1. The second kappa shape index (κ2) is 5.52. The van der Waals surface area contributed by atoms with Crippen LogP contribution in [-0.4, -0.2) is 4.98 Å². The van der Waals surface area contributed by atoms with Crippen molar-refractivity contribution in [3.05, 3.63) is 63.9 Å². The van der Waals surface area contributed by atoms with E-state index in [1.165, 1.54) is 11.1 Å². The van der Waals surface area contributed by atoms with Gasteiger partial charge >= 0.3 is 0 Å². The predicted octanol–water partition coefficient (Wildman–Crippen LogP) is 3.28. The lowest BCUT2D eigenvalue weighted by Crippen LogP contribution is -2.32. The third kappa shape index (κ3) is 2.33. The second-order valence-corrected chi connectivity index (χ2v) is 5.77. The van der Waals surface area contributed by atoms with Crippen molar-refractivity contribution in [3.63, 3.8) is 0 Å². The summed E-state index contributed by atoms with van der Waals surface area (Å²) in [4.78, 5) is 4.56. The molecule has 104 valence electrons. The molecule has 1 aromatic heterocycles. The molecule has 4 heteroatoms. The van der Waals surface area contributed by atoms with E-state index in [0.717, 1.165) is 29.1 Å². The Morgan fingerprint density at radius 2 is 2.25 bits per heavy atom. The summed E-state index contributed by atoms with van der Waals surface area (Å²) in [5.41, 5.74) is 7.82. The number of rotatable bonds is 3. The molecule has 0 saturated heterocycles. The van der Waals surface area contributed by atoms with Gasteiger partial charge in [0.05, 0.1) is 6.04 Å². The fraction of sp³-hybridized carbons (Fsp3) is 0.312. The third-order valence-electron chi connectivity index (χ3n) is 4.16. The number of halogens is 1. The lowest BCUT2D eigenvalue weighted by atomic mass is 9.89. The molecule has 0 spiro atoms. The average molecular weight is 288 g/mol. The molecule has 3 rings (SSSR count). The fourth-order valence-corrected chi connectivity index (χ4v) is 3.32. The summed E-state index contributed by atoms with van der Waals surface area (Å²) in [6, 6.07) is 10.1. The van der Waals surface area contributed by atoms with Crippen molar-refractivity contribution < 1.29 is 0 Å². The van der Waals surface area contributed by atoms with Crippen LogP contribution in [0.25, 0.3) is 0 Å². The van der Waals surface area contributed by atoms with Crippen molar-refractivity contribution in [2.45, 2.75) is 31.7 Å². The lowest BCUT2D eigenvalue weighted by Gasteiger charge is -2.25. The number of nitrogens with two attached hydrogens (primary N) is 1. The molecule has 3 nitrogen and oxygen atoms in total. The van der Waals surface area contributed by atoms with Crippen molar-refractivity contribution in [1.82, 2.24) is 10.4 Å². The standard InChI is InChI=1S/C16H18ClN3/c1-10-4-6-12(17)9-14(10)16(20-18)13-7-5-11-3-2-8-19-15(11)13/h2-4,6,8-9,13,16,20H,5,7,18H2,1H3. The number of hydrogen-bond donors (Lipinski definition) is 2. The molecule has 1 aromatic carbocycles. The predicted molar refractivity (Wildman–Crippen MR) is 81.6 cm³/mol. The maximum Gasteiger partial charge on any atom is 0.0546 e. The highest BCUT2D eigenvalue weighted by atomic mass is 35.5. The highest BCUT2D eigenvalue weighted by Crippen LogP contribution is 2.41. The zero-order valence-electron chi connectivity index (χ0n) is 11.4. The molecule has 0 radical (unpaired) electrons. The molecule has 2 unspecified atom stereocenters. The summed E-state index contributed by atoms with van der Waals surface area (Å²) < 4.78 is 0. The number of fused-ring (bicyclic) bond motifs is 1. The topological polar surface area (TPSA) is 50.9 Å². The highest BCUT2D eigenvalue weighted by molar-refractivity contribution is 6.30. The first kappa shape index (κ1) is 13.6. The van der Waals surface area contributed by atoms with Crippen LogP contribution in [0.15, 0.2) is 36.5 Å². The highest BCUT2D eigenvalue weighted by Gasteiger charge is 2.32. The van der Waals surface area contributed by atoms with Crippen molar-refractivity contribution >= 4 is 11.6 Å². The van der Waals surface area contributed by atoms with E-state index in [4.69, 9.17) is 17.4 Å². The van der Waals surface area contributed by atoms with Gasteiger partial charge in [0.15, 0.2) is 0 Å². The smallest absolute Gasteiger partial charge is 0.0546 e. The van der Waals surface area contributed by atoms with Gasteiger partial charge in [-0.15, -0.1) is 0 Å². The molecule has 20 heavy (non-hydrogen) atoms. The van der Waals surface area contributed by atoms with Crippen LogP contribution in [0.5, 0.6) is 0 Å². The minimum Gasteiger partial charge on any atom is -0.271 e. The zero-order valence-corrected chi connectivity index (χ0v) is 12.2. The lowest BCUT2D eigenvalue weighted by molar-refractivity contribution is 0.445. The number of pyridine rings is 1. The van der Waals surface area contributed by atoms with Gasteiger partial charge in [0.1, 0.15) is 0 Å². The first-order chi connectivity index (χ1) is 9.70. The van der Waals surface area contributed by atoms with Crippen molar-refractivity contribution in [1.29, 1.82) is 0 Å². The van der Waals surface area contributed by atoms with E-state index in [-0.39, 0.29) is 6.04 Å². The van der Waals surface area contributed by atoms with Crippen LogP contribution < -0.4 is 11.3 Å². The molecule has 1 aliphatic carbocycles. The summed E-state index contributed by atoms with van der Waals surface area (Å²) in [7, 11) is 0. The summed E-state index contributed by atoms with van der Waals surface area (Å²) in [6.07, 6.45) is 3.98. The largest absolute Gasteiger partial charge is 0.271 e. The Morgan fingerprint density at radius 3 is 3.05 bits per heavy atom. The summed E-state index contributed by atoms with van der Waals surface area (Å²) in [5.74, 6) is 6.14. The molecule has 1 heterocycles. The van der Waals surface area contributed by atoms with Crippen LogP contribution in [0.4, 0.5) is 0 Å². The maximum absolute atomic E-state index is 6.14. The average Bonchev–Trinajstić information content (AvgIpc) is 2.88. The third-order valence-corrected chi connectivity index (χ3v) is 4.40. The van der Waals surface area contributed by atoms with E-state index in [1.54, 1.807) is 0 Å². The summed E-state index contributed by atoms with van der Waals surface area (Å²) >= 11 is 6.14. The molecule has 0 saturated carbocycles. The number of benzene rings is 1. The molecule has 2 aromatic rings. The number of aryl methyl sites for hydroxylation is 2. The van der Waals surface area contributed by atoms with Gasteiger partial charge < -0.3 is 0 Å². The SMILES string of the molecule is Cc1ccc(Cl)cc1C(NN)C1CCc2cccnc21. The van der Waals surface area contributed by atoms with Crippen LogP contribution in [0.1, 0.15) is 40.8 Å². The molecular formula is C16H18ClN3. The van der Waals surface area contributed by atoms with Crippen molar-refractivity contribution in [3.8, 4) is 0 Å². The summed E-state index contributed by atoms with van der Waals surface area (Å²) in [5, 5.41) is 0.741. The van der Waals surface area contributed by atoms with Gasteiger partial charge in [0.2, 0.25) is 0 Å². The minimum absolute atomic E-state index is 0.0462. The molecule has 0 aliphatic heterocycles. The van der Waals surface area contributed by atoms with Crippen LogP contribution in [0, 0.1) is 6.92 Å². The number of nitrogens with one attached hydrogen (secondary N) is 1. The van der Waals surface area contributed by atoms with E-state index < -0.39 is 0 Å². The molecule has 0 fully saturated rings. The first-order valence-electron chi connectivity index (χ1n) is 6.86. The van der Waals surface area contributed by atoms with Gasteiger partial charge in [-0.3, -0.25) is 16.3 Å². The van der Waals surface area contributed by atoms with Gasteiger partial charge in [-0.1, -0.05) is 23.7 Å². The Kier molecular flexibility index (Phi) is 3.74. The quantitative estimate of drug-likeness (QED) is 0.673. The van der Waals surface area contributed by atoms with Crippen LogP contribution >= 0.6 is 11.6 Å². The van der Waals surface area contributed by atoms with Gasteiger partial charge in [0, 0.05) is 22.8 Å². The number of hydrogen-bond acceptors (Lipinski definition) is 3. The Morgan fingerprint density at radius 1 is 1.40 bits per heavy atom. The fourth-order valence-electron chi connectivity index (χ4n) is 3.14. The van der Waals surface area contributed by atoms with E-state index >= 15 is 0 Å². The van der Waals surface area contributed by atoms with Crippen LogP contribution in [0.2, 0.25) is 5.02 Å². The van der Waals surface area contributed by atoms with E-state index in [1.807, 2.05) is 30.5 Å². The van der Waals surface area contributed by atoms with Crippen LogP contribution in [0.3, 0.4) is 0 Å². The van der Waals surface area contributed by atoms with E-state index in [0.29, 0.717) is 5.92 Å². The van der Waals surface area contributed by atoms with Crippen molar-refractivity contribution in [2.75, 3.05) is 0 Å². The number of hydrazine groups is 1. The second-order valence-electron chi connectivity index (χ2n) is 5.34. The summed E-state index contributed by atoms with van der Waals surface area (Å²) in [6.45, 7) is 2.09. The molecule has 1 aliphatic rings. The molecule has 3 N–H and O–H groups in total. The number of nitrogens with zero attached hydrogens (tertiary/aromatic N) is 1. The minimum atomic E-state index is 0.0462. The van der Waals surface area contributed by atoms with E-state index in [9.17, 15) is 0 Å². The van der Waals surface area contributed by atoms with Gasteiger partial charge in [-0.2, -0.15) is 0 Å². The molecule has 0 amide bonds. The van der Waals surface area contributed by atoms with E-state index in [2.05, 4.69) is 23.4 Å². The van der Waals surface area contributed by atoms with Gasteiger partial charge in [-0.05, 0) is 54.7 Å². The molecule has 2 atom stereocenters. The van der Waals surface area contributed by atoms with Crippen molar-refractivity contribution in [2.24, 2.45) is 5.84 Å². The molecular weight excluding hydrogens is 270 g/mol. The van der Waals surface area contributed by atoms with Gasteiger partial charge in [-0.25, -0.2) is 0 Å². The normalized spacial score (nSPS) is 18.9. The Labute approximate surface area is 124 Å². The Hall–Kier alpha value is -1.42. The Bertz CT molecular complexity index is 627. The monoisotopic (exact) mass is 287 g/mol.